The van der Waals surface area contributed by atoms with Gasteiger partial charge < -0.3 is 0 Å². The number of halogens is 1. The fourth-order valence-corrected chi connectivity index (χ4v) is 3.80. The van der Waals surface area contributed by atoms with E-state index >= 15 is 0 Å². The molecule has 5 rings (SSSR count). The molecule has 2 aromatic carbocycles. The number of fused-ring (bicyclic) bond motifs is 1. The summed E-state index contributed by atoms with van der Waals surface area (Å²) >= 11 is 6.23. The van der Waals surface area contributed by atoms with Gasteiger partial charge in [-0.3, -0.25) is 14.9 Å². The molecule has 160 valence electrons. The van der Waals surface area contributed by atoms with Crippen LogP contribution >= 0.6 is 11.6 Å². The third kappa shape index (κ3) is 3.83. The Kier molecular flexibility index (Phi) is 5.12. The lowest BCUT2D eigenvalue weighted by Crippen LogP contribution is -2.03. The number of non-ortho nitro benzene ring substituents is 1. The third-order valence-corrected chi connectivity index (χ3v) is 5.36. The minimum Gasteiger partial charge on any atom is -0.298 e. The van der Waals surface area contributed by atoms with Gasteiger partial charge in [-0.25, -0.2) is 14.6 Å². The smallest absolute Gasteiger partial charge is 0.270 e. The van der Waals surface area contributed by atoms with Crippen molar-refractivity contribution in [2.24, 2.45) is 0 Å². The van der Waals surface area contributed by atoms with Crippen LogP contribution in [-0.2, 0) is 0 Å². The Morgan fingerprint density at radius 3 is 2.61 bits per heavy atom. The predicted molar refractivity (Wildman–Crippen MR) is 125 cm³/mol. The lowest BCUT2D eigenvalue weighted by atomic mass is 10.1. The molecule has 0 saturated heterocycles. The summed E-state index contributed by atoms with van der Waals surface area (Å²) in [5.41, 5.74) is 3.02. The predicted octanol–water partition coefficient (Wildman–Crippen LogP) is 5.52. The molecule has 0 bridgehead atoms. The average Bonchev–Trinajstić information content (AvgIpc) is 3.28. The molecule has 0 atom stereocenters. The van der Waals surface area contributed by atoms with Crippen LogP contribution < -0.4 is 0 Å². The van der Waals surface area contributed by atoms with E-state index in [0.29, 0.717) is 34.0 Å². The highest BCUT2D eigenvalue weighted by atomic mass is 35.5. The second-order valence-corrected chi connectivity index (χ2v) is 7.66. The largest absolute Gasteiger partial charge is 0.298 e. The van der Waals surface area contributed by atoms with Crippen molar-refractivity contribution in [1.29, 1.82) is 0 Å². The van der Waals surface area contributed by atoms with Crippen molar-refractivity contribution in [3.8, 4) is 28.2 Å². The van der Waals surface area contributed by atoms with Crippen LogP contribution in [0.15, 0.2) is 79.1 Å². The molecule has 8 nitrogen and oxygen atoms in total. The molecule has 3 aromatic heterocycles. The van der Waals surface area contributed by atoms with Gasteiger partial charge >= 0.3 is 0 Å². The van der Waals surface area contributed by atoms with Gasteiger partial charge in [-0.15, -0.1) is 0 Å². The van der Waals surface area contributed by atoms with Crippen LogP contribution in [0.2, 0.25) is 5.02 Å². The van der Waals surface area contributed by atoms with Gasteiger partial charge in [-0.1, -0.05) is 35.9 Å². The number of pyridine rings is 2. The summed E-state index contributed by atoms with van der Waals surface area (Å²) in [6.07, 6.45) is 3.86. The Morgan fingerprint density at radius 2 is 1.82 bits per heavy atom. The molecular formula is C24H14ClN5O3. The summed E-state index contributed by atoms with van der Waals surface area (Å²) in [6, 6.07) is 19.0. The van der Waals surface area contributed by atoms with E-state index in [4.69, 9.17) is 16.6 Å². The molecular weight excluding hydrogens is 442 g/mol. The second kappa shape index (κ2) is 8.25. The topological polar surface area (TPSA) is 104 Å². The Hall–Kier alpha value is -4.43. The van der Waals surface area contributed by atoms with E-state index in [0.717, 1.165) is 16.5 Å². The van der Waals surface area contributed by atoms with Crippen molar-refractivity contribution in [2.75, 3.05) is 0 Å². The number of nitrogens with zero attached hydrogens (tertiary/aromatic N) is 5. The van der Waals surface area contributed by atoms with Crippen LogP contribution in [0.5, 0.6) is 0 Å². The van der Waals surface area contributed by atoms with Crippen molar-refractivity contribution in [3.63, 3.8) is 0 Å². The van der Waals surface area contributed by atoms with Crippen molar-refractivity contribution >= 4 is 34.6 Å². The lowest BCUT2D eigenvalue weighted by Gasteiger charge is -2.11. The van der Waals surface area contributed by atoms with E-state index in [2.05, 4.69) is 10.1 Å². The second-order valence-electron chi connectivity index (χ2n) is 7.22. The molecule has 3 heterocycles. The number of rotatable bonds is 5. The fourth-order valence-electron chi connectivity index (χ4n) is 3.61. The fraction of sp³-hybridized carbons (Fsp3) is 0. The van der Waals surface area contributed by atoms with Gasteiger partial charge in [-0.2, -0.15) is 5.10 Å². The van der Waals surface area contributed by atoms with Crippen molar-refractivity contribution in [3.05, 3.63) is 99.8 Å². The number of carbonyl (C=O) groups is 1. The maximum absolute atomic E-state index is 11.8. The van der Waals surface area contributed by atoms with Crippen LogP contribution in [0, 0.1) is 10.1 Å². The zero-order valence-electron chi connectivity index (χ0n) is 16.9. The molecule has 5 aromatic rings. The number of aldehydes is 1. The molecule has 9 heteroatoms. The van der Waals surface area contributed by atoms with Crippen LogP contribution in [0.25, 0.3) is 39.2 Å². The number of hydrogen-bond donors (Lipinski definition) is 0. The summed E-state index contributed by atoms with van der Waals surface area (Å²) in [5.74, 6) is 0.447. The number of nitro benzene ring substituents is 1. The van der Waals surface area contributed by atoms with E-state index in [1.54, 1.807) is 30.6 Å². The van der Waals surface area contributed by atoms with E-state index in [9.17, 15) is 14.9 Å². The molecule has 33 heavy (non-hydrogen) atoms. The monoisotopic (exact) mass is 455 g/mol. The first-order valence-corrected chi connectivity index (χ1v) is 10.2. The molecule has 0 saturated carbocycles. The molecule has 0 N–H and O–H groups in total. The number of hydrogen-bond acceptors (Lipinski definition) is 6. The molecule has 0 fully saturated rings. The summed E-state index contributed by atoms with van der Waals surface area (Å²) < 4.78 is 1.49. The van der Waals surface area contributed by atoms with Gasteiger partial charge in [0.05, 0.1) is 10.5 Å². The highest BCUT2D eigenvalue weighted by Gasteiger charge is 2.18. The van der Waals surface area contributed by atoms with E-state index in [-0.39, 0.29) is 11.3 Å². The minimum atomic E-state index is -0.491. The molecule has 0 aliphatic rings. The lowest BCUT2D eigenvalue weighted by molar-refractivity contribution is -0.384. The maximum atomic E-state index is 11.8. The standard InChI is InChI=1S/C24H14ClN5O3/c25-19-7-1-4-15(10-19)21-12-17-6-3-9-26-23(17)27-24(21)29-13-18(14-31)22(28-29)16-5-2-8-20(11-16)30(32)33/h1-14H. The molecule has 0 radical (unpaired) electrons. The Bertz CT molecular complexity index is 1550. The van der Waals surface area contributed by atoms with Crippen molar-refractivity contribution in [1.82, 2.24) is 19.7 Å². The number of carbonyl (C=O) groups excluding carboxylic acids is 1. The van der Waals surface area contributed by atoms with Gasteiger partial charge in [0, 0.05) is 46.1 Å². The van der Waals surface area contributed by atoms with Gasteiger partial charge in [0.25, 0.3) is 5.69 Å². The summed E-state index contributed by atoms with van der Waals surface area (Å²) in [5, 5.41) is 17.2. The Balaban J connectivity index is 1.74. The molecule has 0 spiro atoms. The van der Waals surface area contributed by atoms with Crippen LogP contribution in [0.3, 0.4) is 0 Å². The first-order valence-electron chi connectivity index (χ1n) is 9.85. The number of nitro groups is 1. The van der Waals surface area contributed by atoms with E-state index in [1.807, 2.05) is 36.4 Å². The van der Waals surface area contributed by atoms with Gasteiger partial charge in [0.2, 0.25) is 0 Å². The highest BCUT2D eigenvalue weighted by Crippen LogP contribution is 2.32. The summed E-state index contributed by atoms with van der Waals surface area (Å²) in [6.45, 7) is 0. The van der Waals surface area contributed by atoms with Crippen molar-refractivity contribution < 1.29 is 9.72 Å². The first kappa shape index (κ1) is 20.5. The Labute approximate surface area is 192 Å². The molecule has 0 unspecified atom stereocenters. The zero-order chi connectivity index (χ0) is 22.9. The average molecular weight is 456 g/mol. The number of aromatic nitrogens is 4. The van der Waals surface area contributed by atoms with Gasteiger partial charge in [0.15, 0.2) is 17.8 Å². The number of benzene rings is 2. The maximum Gasteiger partial charge on any atom is 0.270 e. The van der Waals surface area contributed by atoms with Crippen LogP contribution in [0.4, 0.5) is 5.69 Å². The SMILES string of the molecule is O=Cc1cn(-c2nc3ncccc3cc2-c2cccc(Cl)c2)nc1-c1cccc([N+](=O)[O-])c1. The normalized spacial score (nSPS) is 10.9. The van der Waals surface area contributed by atoms with E-state index in [1.165, 1.54) is 16.8 Å². The molecule has 0 aliphatic carbocycles. The van der Waals surface area contributed by atoms with Gasteiger partial charge in [-0.05, 0) is 35.9 Å². The van der Waals surface area contributed by atoms with Crippen LogP contribution in [0.1, 0.15) is 10.4 Å². The molecule has 0 amide bonds. The van der Waals surface area contributed by atoms with Gasteiger partial charge in [0.1, 0.15) is 5.69 Å². The minimum absolute atomic E-state index is 0.0912. The third-order valence-electron chi connectivity index (χ3n) is 5.12. The zero-order valence-corrected chi connectivity index (χ0v) is 17.7. The van der Waals surface area contributed by atoms with Crippen molar-refractivity contribution in [2.45, 2.75) is 0 Å². The summed E-state index contributed by atoms with van der Waals surface area (Å²) in [7, 11) is 0. The first-order chi connectivity index (χ1) is 16.0. The Morgan fingerprint density at radius 1 is 1.00 bits per heavy atom. The summed E-state index contributed by atoms with van der Waals surface area (Å²) in [4.78, 5) is 31.6. The molecule has 0 aliphatic heterocycles. The van der Waals surface area contributed by atoms with Crippen LogP contribution in [-0.4, -0.2) is 31.0 Å². The van der Waals surface area contributed by atoms with E-state index < -0.39 is 4.92 Å². The highest BCUT2D eigenvalue weighted by molar-refractivity contribution is 6.30. The quantitative estimate of drug-likeness (QED) is 0.196.